The lowest BCUT2D eigenvalue weighted by atomic mass is 9.50. The van der Waals surface area contributed by atoms with Crippen molar-refractivity contribution in [2.75, 3.05) is 0 Å². The van der Waals surface area contributed by atoms with Crippen LogP contribution in [-0.4, -0.2) is 41.0 Å². The van der Waals surface area contributed by atoms with Gasteiger partial charge in [-0.3, -0.25) is 24.0 Å². The van der Waals surface area contributed by atoms with Crippen LogP contribution >= 0.6 is 0 Å². The standard InChI is InChI=1S/C22H38O2.C20H24O2.C18H34O2.C17H26O2.C15H22O2/c1-6-21(4,5)20(23)24-22(7-2,8-3)14-19-17-10-15-9-16(12-17)13-18(19)11-15;1-5-19(2,3)18(21)22-20(4,16-12-8-6-9-13-16)17-14-10-7-11-15-17;1-6-17(4,5)16(19)20-18(7-2,8-3)14-15-12-10-9-11-13-15;1-6-16(4,5)15(18)19-17(7-2,8-3)14-12-10-9-11-13-14;1-6-14(2,3)13(16)17-15(4,5)12-10-8-7-9-11-12/h15-19H,6-14H2,1-5H3;6-15H,5H2,1-4H3;15H,6-14H2,1-5H3;9-13H,6-8H2,1-5H3;7-11H,6H2,1-5H3. The van der Waals surface area contributed by atoms with Crippen molar-refractivity contribution >= 4 is 29.8 Å². The summed E-state index contributed by atoms with van der Waals surface area (Å²) in [7, 11) is 0. The number of hydrogen-bond donors (Lipinski definition) is 0. The highest BCUT2D eigenvalue weighted by Crippen LogP contribution is 2.59. The molecule has 4 aromatic carbocycles. The Morgan fingerprint density at radius 3 is 0.931 bits per heavy atom. The van der Waals surface area contributed by atoms with E-state index >= 15 is 0 Å². The molecule has 0 spiro atoms. The number of benzene rings is 4. The number of carbonyl (C=O) groups is 5. The fourth-order valence-electron chi connectivity index (χ4n) is 14.9. The average molecular weight is 1410 g/mol. The zero-order valence-electron chi connectivity index (χ0n) is 68.9. The van der Waals surface area contributed by atoms with Gasteiger partial charge in [0.2, 0.25) is 0 Å². The van der Waals surface area contributed by atoms with Crippen molar-refractivity contribution in [3.8, 4) is 0 Å². The van der Waals surface area contributed by atoms with E-state index in [9.17, 15) is 24.0 Å². The summed E-state index contributed by atoms with van der Waals surface area (Å²) in [6.07, 6.45) is 25.5. The second-order valence-corrected chi connectivity index (χ2v) is 34.6. The molecule has 5 saturated carbocycles. The van der Waals surface area contributed by atoms with Crippen LogP contribution in [0.25, 0.3) is 0 Å². The highest BCUT2D eigenvalue weighted by Gasteiger charge is 2.51. The van der Waals surface area contributed by atoms with Gasteiger partial charge in [0.05, 0.1) is 27.1 Å². The summed E-state index contributed by atoms with van der Waals surface area (Å²) in [6.45, 7) is 48.4. The minimum Gasteiger partial charge on any atom is -0.459 e. The number of esters is 5. The lowest BCUT2D eigenvalue weighted by Gasteiger charge is -2.56. The van der Waals surface area contributed by atoms with E-state index in [2.05, 4.69) is 55.4 Å². The van der Waals surface area contributed by atoms with E-state index in [1.54, 1.807) is 0 Å². The Balaban J connectivity index is 0.000000272. The first-order valence-corrected chi connectivity index (χ1v) is 40.2. The van der Waals surface area contributed by atoms with E-state index in [-0.39, 0.29) is 51.9 Å². The van der Waals surface area contributed by atoms with E-state index in [1.807, 2.05) is 232 Å². The fourth-order valence-corrected chi connectivity index (χ4v) is 14.9. The first kappa shape index (κ1) is 88.6. The summed E-state index contributed by atoms with van der Waals surface area (Å²) in [5, 5.41) is 0. The maximum atomic E-state index is 12.8. The van der Waals surface area contributed by atoms with Crippen molar-refractivity contribution in [1.29, 1.82) is 0 Å². The van der Waals surface area contributed by atoms with Gasteiger partial charge in [0, 0.05) is 0 Å². The Hall–Kier alpha value is -5.77. The maximum Gasteiger partial charge on any atom is 0.312 e. The Labute approximate surface area is 622 Å². The molecule has 0 radical (unpaired) electrons. The van der Waals surface area contributed by atoms with Crippen molar-refractivity contribution in [3.63, 3.8) is 0 Å². The van der Waals surface area contributed by atoms with Crippen LogP contribution in [0.1, 0.15) is 336 Å². The number of hydrogen-bond acceptors (Lipinski definition) is 10. The molecule has 0 aliphatic heterocycles. The minimum absolute atomic E-state index is 0.0116. The monoisotopic (exact) mass is 1410 g/mol. The van der Waals surface area contributed by atoms with Gasteiger partial charge in [0.25, 0.3) is 0 Å². The predicted molar refractivity (Wildman–Crippen MR) is 421 cm³/mol. The first-order chi connectivity index (χ1) is 47.8. The van der Waals surface area contributed by atoms with Gasteiger partial charge in [-0.15, -0.1) is 0 Å². The molecule has 5 fully saturated rings. The van der Waals surface area contributed by atoms with E-state index in [0.29, 0.717) is 0 Å². The molecule has 5 aliphatic rings. The lowest BCUT2D eigenvalue weighted by Crippen LogP contribution is -2.49. The lowest BCUT2D eigenvalue weighted by molar-refractivity contribution is -0.178. The third-order valence-electron chi connectivity index (χ3n) is 25.3. The molecule has 572 valence electrons. The van der Waals surface area contributed by atoms with Crippen molar-refractivity contribution in [2.45, 2.75) is 342 Å². The van der Waals surface area contributed by atoms with Crippen LogP contribution in [-0.2, 0) is 64.5 Å². The zero-order chi connectivity index (χ0) is 76.6. The molecule has 0 unspecified atom stereocenters. The molecular formula is C92H144O10. The summed E-state index contributed by atoms with van der Waals surface area (Å²) in [5.74, 6) is 4.98. The smallest absolute Gasteiger partial charge is 0.312 e. The third-order valence-corrected chi connectivity index (χ3v) is 25.3. The van der Waals surface area contributed by atoms with Crippen LogP contribution in [0, 0.1) is 62.6 Å². The van der Waals surface area contributed by atoms with Gasteiger partial charge in [-0.25, -0.2) is 0 Å². The molecule has 0 atom stereocenters. The highest BCUT2D eigenvalue weighted by atomic mass is 16.6. The molecule has 10 heteroatoms. The number of carbonyl (C=O) groups excluding carboxylic acids is 5. The molecule has 10 nitrogen and oxygen atoms in total. The second kappa shape index (κ2) is 39.0. The normalized spacial score (nSPS) is 18.8. The largest absolute Gasteiger partial charge is 0.459 e. The van der Waals surface area contributed by atoms with E-state index in [1.165, 1.54) is 64.2 Å². The Morgan fingerprint density at radius 2 is 0.608 bits per heavy atom. The van der Waals surface area contributed by atoms with Crippen molar-refractivity contribution in [3.05, 3.63) is 144 Å². The van der Waals surface area contributed by atoms with Gasteiger partial charge >= 0.3 is 29.8 Å². The van der Waals surface area contributed by atoms with Gasteiger partial charge in [-0.05, 0) is 263 Å². The van der Waals surface area contributed by atoms with E-state index in [0.717, 1.165) is 141 Å². The Morgan fingerprint density at radius 1 is 0.314 bits per heavy atom. The molecule has 9 rings (SSSR count). The molecule has 0 N–H and O–H groups in total. The van der Waals surface area contributed by atoms with Gasteiger partial charge in [-0.2, -0.15) is 0 Å². The fraction of sp³-hybridized carbons (Fsp3) is 0.685. The Bertz CT molecular complexity index is 3050. The SMILES string of the molecule is CCC(C)(C)C(=O)OC(C)(C)c1ccccc1.CCC(C)(C)C(=O)OC(C)(c1ccccc1)c1ccccc1.CCC(C)(C)C(=O)OC(CC)(CC)c1ccccc1.CCC(CC)(CC1C2CC3CC(C2)CC1C3)OC(=O)C(C)(C)CC.CCC(CC)(CC1CCCCC1)OC(=O)C(C)(C)CC. The van der Waals surface area contributed by atoms with Crippen LogP contribution in [0.2, 0.25) is 0 Å². The maximum absolute atomic E-state index is 12.8. The number of rotatable bonds is 29. The van der Waals surface area contributed by atoms with Gasteiger partial charge in [0.15, 0.2) is 5.60 Å². The molecule has 102 heavy (non-hydrogen) atoms. The third kappa shape index (κ3) is 24.1. The van der Waals surface area contributed by atoms with E-state index in [4.69, 9.17) is 23.7 Å². The minimum atomic E-state index is -0.786. The van der Waals surface area contributed by atoms with Gasteiger partial charge in [-0.1, -0.05) is 230 Å². The zero-order valence-corrected chi connectivity index (χ0v) is 68.9. The topological polar surface area (TPSA) is 132 Å². The predicted octanol–water partition coefficient (Wildman–Crippen LogP) is 25.0. The van der Waals surface area contributed by atoms with Crippen molar-refractivity contribution < 1.29 is 47.7 Å². The quantitative estimate of drug-likeness (QED) is 0.0382. The van der Waals surface area contributed by atoms with Crippen molar-refractivity contribution in [1.82, 2.24) is 0 Å². The molecule has 4 bridgehead atoms. The summed E-state index contributed by atoms with van der Waals surface area (Å²) in [5.41, 5.74) is -0.344. The molecule has 0 saturated heterocycles. The average Bonchev–Trinajstić information content (AvgIpc) is 0.763. The van der Waals surface area contributed by atoms with Gasteiger partial charge < -0.3 is 23.7 Å². The summed E-state index contributed by atoms with van der Waals surface area (Å²) >= 11 is 0. The Kier molecular flexibility index (Phi) is 33.9. The molecule has 0 heterocycles. The molecular weight excluding hydrogens is 1270 g/mol. The summed E-state index contributed by atoms with van der Waals surface area (Å²) in [6, 6.07) is 39.7. The first-order valence-electron chi connectivity index (χ1n) is 40.2. The summed E-state index contributed by atoms with van der Waals surface area (Å²) in [4.78, 5) is 62.3. The van der Waals surface area contributed by atoms with Crippen molar-refractivity contribution in [2.24, 2.45) is 62.6 Å². The van der Waals surface area contributed by atoms with E-state index < -0.39 is 33.0 Å². The van der Waals surface area contributed by atoms with Gasteiger partial charge in [0.1, 0.15) is 22.4 Å². The molecule has 4 aromatic rings. The van der Waals surface area contributed by atoms with Crippen LogP contribution in [0.3, 0.4) is 0 Å². The molecule has 0 aromatic heterocycles. The molecule has 0 amide bonds. The highest BCUT2D eigenvalue weighted by molar-refractivity contribution is 5.78. The van der Waals surface area contributed by atoms with Crippen LogP contribution in [0.5, 0.6) is 0 Å². The summed E-state index contributed by atoms with van der Waals surface area (Å²) < 4.78 is 29.9. The second-order valence-electron chi connectivity index (χ2n) is 34.6. The van der Waals surface area contributed by atoms with Crippen LogP contribution in [0.4, 0.5) is 0 Å². The van der Waals surface area contributed by atoms with Crippen LogP contribution < -0.4 is 0 Å². The molecule has 5 aliphatic carbocycles. The number of ether oxygens (including phenoxy) is 5. The van der Waals surface area contributed by atoms with Crippen LogP contribution in [0.15, 0.2) is 121 Å².